The molecule has 132 valence electrons. The summed E-state index contributed by atoms with van der Waals surface area (Å²) in [4.78, 5) is 11.2. The van der Waals surface area contributed by atoms with Crippen molar-refractivity contribution in [3.63, 3.8) is 0 Å². The Bertz CT molecular complexity index is 231. The van der Waals surface area contributed by atoms with Crippen LogP contribution in [0.3, 0.4) is 0 Å². The number of carbonyl (C=O) groups is 1. The van der Waals surface area contributed by atoms with Crippen LogP contribution < -0.4 is 0 Å². The maximum absolute atomic E-state index is 11.2. The van der Waals surface area contributed by atoms with Crippen molar-refractivity contribution in [3.05, 3.63) is 0 Å². The van der Waals surface area contributed by atoms with Crippen molar-refractivity contribution in [2.24, 2.45) is 0 Å². The summed E-state index contributed by atoms with van der Waals surface area (Å²) in [7, 11) is 0. The monoisotopic (exact) mass is 332 g/mol. The van der Waals surface area contributed by atoms with Crippen molar-refractivity contribution >= 4 is 17.6 Å². The second kappa shape index (κ2) is 18.8. The Morgan fingerprint density at radius 1 is 0.727 bits per heavy atom. The van der Waals surface area contributed by atoms with Crippen LogP contribution in [0.5, 0.6) is 0 Å². The molecule has 0 aromatic rings. The fourth-order valence-electron chi connectivity index (χ4n) is 2.59. The quantitative estimate of drug-likeness (QED) is 0.169. The van der Waals surface area contributed by atoms with Crippen molar-refractivity contribution in [2.75, 3.05) is 12.5 Å². The second-order valence-corrected chi connectivity index (χ2v) is 6.63. The van der Waals surface area contributed by atoms with Crippen molar-refractivity contribution in [3.8, 4) is 0 Å². The first-order chi connectivity index (χ1) is 10.8. The van der Waals surface area contributed by atoms with E-state index in [0.29, 0.717) is 18.9 Å². The van der Waals surface area contributed by atoms with Gasteiger partial charge in [0.2, 0.25) is 0 Å². The van der Waals surface area contributed by atoms with Crippen LogP contribution in [-0.4, -0.2) is 18.5 Å². The standard InChI is InChI=1S/C19H37ClO2/c1-2-3-4-5-6-7-8-9-10-11-12-13-14-18-22-19(21)16-15-17-20/h2-18H2,1H3. The predicted octanol–water partition coefficient (Wildman–Crippen LogP) is 6.64. The molecule has 0 N–H and O–H groups in total. The summed E-state index contributed by atoms with van der Waals surface area (Å²) in [6.07, 6.45) is 18.6. The van der Waals surface area contributed by atoms with Crippen molar-refractivity contribution < 1.29 is 9.53 Å². The summed E-state index contributed by atoms with van der Waals surface area (Å²) in [5.74, 6) is 0.438. The van der Waals surface area contributed by atoms with Gasteiger partial charge in [-0.25, -0.2) is 0 Å². The summed E-state index contributed by atoms with van der Waals surface area (Å²) in [6, 6.07) is 0. The first-order valence-electron chi connectivity index (χ1n) is 9.52. The van der Waals surface area contributed by atoms with Crippen LogP contribution in [0.1, 0.15) is 103 Å². The molecule has 0 aliphatic carbocycles. The molecule has 2 nitrogen and oxygen atoms in total. The fourth-order valence-corrected chi connectivity index (χ4v) is 2.72. The van der Waals surface area contributed by atoms with Gasteiger partial charge in [-0.1, -0.05) is 84.0 Å². The van der Waals surface area contributed by atoms with Gasteiger partial charge in [-0.2, -0.15) is 0 Å². The lowest BCUT2D eigenvalue weighted by molar-refractivity contribution is -0.143. The fraction of sp³-hybridized carbons (Fsp3) is 0.947. The molecule has 0 radical (unpaired) electrons. The molecular formula is C19H37ClO2. The average Bonchev–Trinajstić information content (AvgIpc) is 2.53. The zero-order chi connectivity index (χ0) is 16.3. The molecule has 3 heteroatoms. The smallest absolute Gasteiger partial charge is 0.305 e. The van der Waals surface area contributed by atoms with Gasteiger partial charge in [0, 0.05) is 12.3 Å². The summed E-state index contributed by atoms with van der Waals surface area (Å²) < 4.78 is 5.15. The normalized spacial score (nSPS) is 10.8. The largest absolute Gasteiger partial charge is 0.466 e. The third-order valence-electron chi connectivity index (χ3n) is 4.03. The SMILES string of the molecule is CCCCCCCCCCCCCCCOC(=O)CCCCl. The number of ether oxygens (including phenoxy) is 1. The van der Waals surface area contributed by atoms with Crippen LogP contribution in [0.25, 0.3) is 0 Å². The summed E-state index contributed by atoms with van der Waals surface area (Å²) in [5, 5.41) is 0. The topological polar surface area (TPSA) is 26.3 Å². The van der Waals surface area contributed by atoms with Gasteiger partial charge in [-0.15, -0.1) is 11.6 Å². The third kappa shape index (κ3) is 17.8. The molecule has 0 atom stereocenters. The predicted molar refractivity (Wildman–Crippen MR) is 96.6 cm³/mol. The minimum absolute atomic E-state index is 0.0976. The molecular weight excluding hydrogens is 296 g/mol. The molecule has 0 spiro atoms. The number of esters is 1. The molecule has 22 heavy (non-hydrogen) atoms. The lowest BCUT2D eigenvalue weighted by Crippen LogP contribution is -2.05. The van der Waals surface area contributed by atoms with Gasteiger partial charge in [0.1, 0.15) is 0 Å². The summed E-state index contributed by atoms with van der Waals surface area (Å²) >= 11 is 5.53. The number of halogens is 1. The van der Waals surface area contributed by atoms with Gasteiger partial charge >= 0.3 is 5.97 Å². The number of hydrogen-bond donors (Lipinski definition) is 0. The van der Waals surface area contributed by atoms with Gasteiger partial charge in [-0.3, -0.25) is 4.79 Å². The number of rotatable bonds is 17. The van der Waals surface area contributed by atoms with E-state index in [1.54, 1.807) is 0 Å². The third-order valence-corrected chi connectivity index (χ3v) is 4.29. The first kappa shape index (κ1) is 21.8. The molecule has 0 aliphatic heterocycles. The van der Waals surface area contributed by atoms with E-state index < -0.39 is 0 Å². The van der Waals surface area contributed by atoms with Crippen LogP contribution in [0.15, 0.2) is 0 Å². The van der Waals surface area contributed by atoms with Gasteiger partial charge in [0.05, 0.1) is 6.61 Å². The van der Waals surface area contributed by atoms with E-state index in [-0.39, 0.29) is 5.97 Å². The van der Waals surface area contributed by atoms with Crippen molar-refractivity contribution in [1.82, 2.24) is 0 Å². The molecule has 0 saturated heterocycles. The van der Waals surface area contributed by atoms with E-state index in [9.17, 15) is 4.79 Å². The zero-order valence-electron chi connectivity index (χ0n) is 14.7. The van der Waals surface area contributed by atoms with E-state index in [0.717, 1.165) is 12.8 Å². The number of unbranched alkanes of at least 4 members (excludes halogenated alkanes) is 12. The highest BCUT2D eigenvalue weighted by Gasteiger charge is 2.01. The Morgan fingerprint density at radius 3 is 1.64 bits per heavy atom. The van der Waals surface area contributed by atoms with E-state index in [1.165, 1.54) is 77.0 Å². The Hall–Kier alpha value is -0.240. The molecule has 0 heterocycles. The Labute approximate surface area is 143 Å². The molecule has 0 rings (SSSR count). The lowest BCUT2D eigenvalue weighted by atomic mass is 10.0. The molecule has 0 aliphatic rings. The maximum atomic E-state index is 11.2. The van der Waals surface area contributed by atoms with Gasteiger partial charge in [0.15, 0.2) is 0 Å². The minimum atomic E-state index is -0.0976. The number of hydrogen-bond acceptors (Lipinski definition) is 2. The van der Waals surface area contributed by atoms with Crippen molar-refractivity contribution in [1.29, 1.82) is 0 Å². The van der Waals surface area contributed by atoms with Gasteiger partial charge < -0.3 is 4.74 Å². The summed E-state index contributed by atoms with van der Waals surface area (Å²) in [6.45, 7) is 2.85. The molecule has 0 unspecified atom stereocenters. The van der Waals surface area contributed by atoms with Crippen LogP contribution in [0, 0.1) is 0 Å². The number of alkyl halides is 1. The number of carbonyl (C=O) groups excluding carboxylic acids is 1. The van der Waals surface area contributed by atoms with Crippen molar-refractivity contribution in [2.45, 2.75) is 103 Å². The molecule has 0 amide bonds. The van der Waals surface area contributed by atoms with E-state index in [4.69, 9.17) is 16.3 Å². The van der Waals surface area contributed by atoms with Crippen LogP contribution in [-0.2, 0) is 9.53 Å². The van der Waals surface area contributed by atoms with Crippen LogP contribution >= 0.6 is 11.6 Å². The molecule has 0 aromatic carbocycles. The highest BCUT2D eigenvalue weighted by atomic mass is 35.5. The molecule has 0 bridgehead atoms. The lowest BCUT2D eigenvalue weighted by Gasteiger charge is -2.04. The maximum Gasteiger partial charge on any atom is 0.305 e. The van der Waals surface area contributed by atoms with Crippen LogP contribution in [0.4, 0.5) is 0 Å². The highest BCUT2D eigenvalue weighted by Crippen LogP contribution is 2.12. The van der Waals surface area contributed by atoms with E-state index >= 15 is 0 Å². The second-order valence-electron chi connectivity index (χ2n) is 6.26. The van der Waals surface area contributed by atoms with E-state index in [2.05, 4.69) is 6.92 Å². The molecule has 0 saturated carbocycles. The van der Waals surface area contributed by atoms with Gasteiger partial charge in [-0.05, 0) is 12.8 Å². The summed E-state index contributed by atoms with van der Waals surface area (Å²) in [5.41, 5.74) is 0. The average molecular weight is 333 g/mol. The Morgan fingerprint density at radius 2 is 1.18 bits per heavy atom. The highest BCUT2D eigenvalue weighted by molar-refractivity contribution is 6.17. The van der Waals surface area contributed by atoms with Gasteiger partial charge in [0.25, 0.3) is 0 Å². The minimum Gasteiger partial charge on any atom is -0.466 e. The zero-order valence-corrected chi connectivity index (χ0v) is 15.5. The van der Waals surface area contributed by atoms with Crippen LogP contribution in [0.2, 0.25) is 0 Å². The first-order valence-corrected chi connectivity index (χ1v) is 10.1. The Kier molecular flexibility index (Phi) is 18.6. The molecule has 0 aromatic heterocycles. The Balaban J connectivity index is 3.04. The van der Waals surface area contributed by atoms with E-state index in [1.807, 2.05) is 0 Å². The molecule has 0 fully saturated rings.